The third-order valence-corrected chi connectivity index (χ3v) is 18.9. The summed E-state index contributed by atoms with van der Waals surface area (Å²) < 4.78 is 68.8. The zero-order valence-electron chi connectivity index (χ0n) is 69.5. The summed E-state index contributed by atoms with van der Waals surface area (Å²) in [6.07, 6.45) is 102. The number of phosphoric acid groups is 2. The lowest BCUT2D eigenvalue weighted by molar-refractivity contribution is -0.161. The fourth-order valence-electron chi connectivity index (χ4n) is 10.7. The number of aliphatic hydroxyl groups excluding tert-OH is 1. The van der Waals surface area contributed by atoms with Crippen LogP contribution in [0, 0.1) is 0 Å². The van der Waals surface area contributed by atoms with Crippen LogP contribution in [0.3, 0.4) is 0 Å². The molecule has 0 aliphatic carbocycles. The predicted octanol–water partition coefficient (Wildman–Crippen LogP) is 25.7. The van der Waals surface area contributed by atoms with Gasteiger partial charge in [-0.1, -0.05) is 299 Å². The van der Waals surface area contributed by atoms with Crippen LogP contribution < -0.4 is 0 Å². The highest BCUT2D eigenvalue weighted by atomic mass is 31.2. The third-order valence-electron chi connectivity index (χ3n) is 17.0. The van der Waals surface area contributed by atoms with Crippen LogP contribution in [-0.4, -0.2) is 96.7 Å². The molecule has 0 rings (SSSR count). The van der Waals surface area contributed by atoms with Crippen molar-refractivity contribution in [2.75, 3.05) is 39.6 Å². The van der Waals surface area contributed by atoms with Gasteiger partial charge >= 0.3 is 39.5 Å². The monoisotopic (exact) mass is 1600 g/mol. The highest BCUT2D eigenvalue weighted by Crippen LogP contribution is 2.45. The Labute approximate surface area is 678 Å². The smallest absolute Gasteiger partial charge is 0.462 e. The Hall–Kier alpha value is -6.10. The quantitative estimate of drug-likeness (QED) is 0.0169. The number of allylic oxidation sites excluding steroid dienone is 32. The first-order valence-electron chi connectivity index (χ1n) is 42.7. The lowest BCUT2D eigenvalue weighted by Crippen LogP contribution is -2.30. The van der Waals surface area contributed by atoms with Crippen LogP contribution in [-0.2, 0) is 65.4 Å². The maximum Gasteiger partial charge on any atom is 0.472 e. The molecule has 0 aromatic rings. The Morgan fingerprint density at radius 3 is 0.679 bits per heavy atom. The Bertz CT molecular complexity index is 2890. The van der Waals surface area contributed by atoms with E-state index in [0.29, 0.717) is 25.7 Å². The molecule has 0 radical (unpaired) electrons. The predicted molar refractivity (Wildman–Crippen MR) is 463 cm³/mol. The Balaban J connectivity index is 5.49. The van der Waals surface area contributed by atoms with Gasteiger partial charge in [-0.05, 0) is 180 Å². The standard InChI is InChI=1S/C93H150O17P2/c1-5-9-13-17-21-25-29-33-37-41-43-47-50-54-58-62-66-70-74-78-91(96)104-84-89(110-93(98)80-76-72-68-64-60-56-52-48-44-42-38-34-30-26-22-18-14-10-6-2)86-108-112(101,102)106-82-87(94)81-105-111(99,100)107-85-88(109-92(97)79-75-71-67-63-59-55-51-46-40-36-32-28-24-20-16-12-8-4)83-103-90(95)77-73-69-65-61-57-53-49-45-39-35-31-27-23-19-15-11-7-3/h9-16,21-28,33-40,43-44,47-49,53-54,58,87-89,94H,5-8,17-20,29-32,41-42,45-46,50-52,55-57,59-86H2,1-4H3,(H,99,100)(H,101,102)/b13-9-,14-10-,15-11-,16-12-,25-21-,26-22-,27-23-,28-24-,37-33-,38-34-,39-35-,40-36-,47-43-,48-44-,53-49-,58-54-. The number of phosphoric ester groups is 2. The summed E-state index contributed by atoms with van der Waals surface area (Å²) in [4.78, 5) is 73.3. The third kappa shape index (κ3) is 81.9. The van der Waals surface area contributed by atoms with E-state index in [1.807, 2.05) is 0 Å². The van der Waals surface area contributed by atoms with E-state index in [9.17, 15) is 43.2 Å². The molecule has 0 bridgehead atoms. The van der Waals surface area contributed by atoms with Gasteiger partial charge in [0.1, 0.15) is 19.3 Å². The van der Waals surface area contributed by atoms with Crippen molar-refractivity contribution in [3.05, 3.63) is 194 Å². The average molecular weight is 1600 g/mol. The zero-order chi connectivity index (χ0) is 81.7. The maximum atomic E-state index is 13.2. The number of hydrogen-bond acceptors (Lipinski definition) is 15. The molecular weight excluding hydrogens is 1450 g/mol. The fraction of sp³-hybridized carbons (Fsp3) is 0.613. The topological polar surface area (TPSA) is 237 Å². The Kier molecular flexibility index (Phi) is 78.4. The van der Waals surface area contributed by atoms with Crippen LogP contribution in [0.25, 0.3) is 0 Å². The van der Waals surface area contributed by atoms with Crippen LogP contribution in [0.1, 0.15) is 310 Å². The molecule has 0 saturated heterocycles. The second kappa shape index (κ2) is 82.9. The molecule has 0 aromatic carbocycles. The molecule has 17 nitrogen and oxygen atoms in total. The summed E-state index contributed by atoms with van der Waals surface area (Å²) in [6, 6.07) is 0. The molecule has 0 aliphatic rings. The van der Waals surface area contributed by atoms with E-state index in [1.54, 1.807) is 0 Å². The maximum absolute atomic E-state index is 13.2. The molecule has 0 heterocycles. The van der Waals surface area contributed by atoms with Crippen molar-refractivity contribution in [1.82, 2.24) is 0 Å². The molecule has 0 saturated carbocycles. The molecule has 5 unspecified atom stereocenters. The minimum atomic E-state index is -5.01. The number of unbranched alkanes of at least 4 members (excludes halogenated alkanes) is 20. The number of esters is 4. The van der Waals surface area contributed by atoms with Crippen LogP contribution in [0.15, 0.2) is 194 Å². The van der Waals surface area contributed by atoms with Gasteiger partial charge in [0, 0.05) is 25.7 Å². The van der Waals surface area contributed by atoms with Gasteiger partial charge < -0.3 is 33.8 Å². The van der Waals surface area contributed by atoms with Gasteiger partial charge in [-0.3, -0.25) is 37.3 Å². The van der Waals surface area contributed by atoms with E-state index in [-0.39, 0.29) is 25.7 Å². The Morgan fingerprint density at radius 2 is 0.438 bits per heavy atom. The van der Waals surface area contributed by atoms with Gasteiger partial charge in [0.05, 0.1) is 26.4 Å². The molecule has 112 heavy (non-hydrogen) atoms. The van der Waals surface area contributed by atoms with Crippen molar-refractivity contribution in [3.63, 3.8) is 0 Å². The first kappa shape index (κ1) is 106. The van der Waals surface area contributed by atoms with Gasteiger partial charge in [0.2, 0.25) is 0 Å². The van der Waals surface area contributed by atoms with E-state index >= 15 is 0 Å². The number of aliphatic hydroxyl groups is 1. The van der Waals surface area contributed by atoms with Crippen LogP contribution in [0.2, 0.25) is 0 Å². The van der Waals surface area contributed by atoms with Crippen molar-refractivity contribution in [2.24, 2.45) is 0 Å². The highest BCUT2D eigenvalue weighted by Gasteiger charge is 2.30. The molecule has 5 atom stereocenters. The van der Waals surface area contributed by atoms with E-state index in [0.717, 1.165) is 231 Å². The first-order valence-corrected chi connectivity index (χ1v) is 45.7. The van der Waals surface area contributed by atoms with Crippen molar-refractivity contribution < 1.29 is 80.2 Å². The molecule has 0 aromatic heterocycles. The molecule has 0 spiro atoms. The SMILES string of the molecule is CC/C=C\C/C=C\C/C=C\C/C=C\C/C=C\CCCCCC(=O)OCC(COP(=O)(O)OCC(O)COP(=O)(O)OCC(COC(=O)CCCCCC/C=C\C/C=C\C/C=C\C/C=C\CC)OC(=O)CCCCCCCCC/C=C\C/C=C\C/C=C\CC)OC(=O)CCCCCCCC/C=C\C/C=C\C/C=C\C/C=C\CC. The molecule has 0 fully saturated rings. The van der Waals surface area contributed by atoms with Gasteiger partial charge in [-0.2, -0.15) is 0 Å². The average Bonchev–Trinajstić information content (AvgIpc) is 0.898. The van der Waals surface area contributed by atoms with Gasteiger partial charge in [-0.25, -0.2) is 9.13 Å². The lowest BCUT2D eigenvalue weighted by atomic mass is 10.1. The van der Waals surface area contributed by atoms with Gasteiger partial charge in [0.25, 0.3) is 0 Å². The summed E-state index contributed by atoms with van der Waals surface area (Å²) in [7, 11) is -10.0. The number of ether oxygens (including phenoxy) is 4. The van der Waals surface area contributed by atoms with Crippen molar-refractivity contribution >= 4 is 39.5 Å². The molecule has 0 aliphatic heterocycles. The lowest BCUT2D eigenvalue weighted by Gasteiger charge is -2.21. The molecule has 634 valence electrons. The fourth-order valence-corrected chi connectivity index (χ4v) is 12.3. The van der Waals surface area contributed by atoms with Crippen LogP contribution >= 0.6 is 15.6 Å². The van der Waals surface area contributed by atoms with Gasteiger partial charge in [0.15, 0.2) is 12.2 Å². The van der Waals surface area contributed by atoms with E-state index < -0.39 is 97.5 Å². The molecule has 19 heteroatoms. The second-order valence-electron chi connectivity index (χ2n) is 27.6. The van der Waals surface area contributed by atoms with Crippen molar-refractivity contribution in [1.29, 1.82) is 0 Å². The zero-order valence-corrected chi connectivity index (χ0v) is 71.3. The molecule has 3 N–H and O–H groups in total. The number of hydrogen-bond donors (Lipinski definition) is 3. The summed E-state index contributed by atoms with van der Waals surface area (Å²) in [6.45, 7) is 4.34. The Morgan fingerprint density at radius 1 is 0.250 bits per heavy atom. The minimum absolute atomic E-state index is 0.0628. The van der Waals surface area contributed by atoms with Gasteiger partial charge in [-0.15, -0.1) is 0 Å². The molecule has 0 amide bonds. The van der Waals surface area contributed by atoms with E-state index in [2.05, 4.69) is 222 Å². The van der Waals surface area contributed by atoms with E-state index in [1.165, 1.54) is 0 Å². The normalized spacial score (nSPS) is 14.7. The van der Waals surface area contributed by atoms with Crippen molar-refractivity contribution in [3.8, 4) is 0 Å². The number of carbonyl (C=O) groups is 4. The first-order chi connectivity index (χ1) is 54.7. The van der Waals surface area contributed by atoms with Crippen molar-refractivity contribution in [2.45, 2.75) is 329 Å². The second-order valence-corrected chi connectivity index (χ2v) is 30.5. The number of rotatable bonds is 78. The van der Waals surface area contributed by atoms with Crippen LogP contribution in [0.5, 0.6) is 0 Å². The summed E-state index contributed by atoms with van der Waals surface area (Å²) in [5, 5.41) is 10.7. The van der Waals surface area contributed by atoms with Crippen LogP contribution in [0.4, 0.5) is 0 Å². The van der Waals surface area contributed by atoms with E-state index in [4.69, 9.17) is 37.0 Å². The molecular formula is C93H150O17P2. The summed E-state index contributed by atoms with van der Waals surface area (Å²) in [5.74, 6) is -2.28. The largest absolute Gasteiger partial charge is 0.472 e. The summed E-state index contributed by atoms with van der Waals surface area (Å²) in [5.41, 5.74) is 0. The summed E-state index contributed by atoms with van der Waals surface area (Å²) >= 11 is 0. The number of carbonyl (C=O) groups excluding carboxylic acids is 4. The highest BCUT2D eigenvalue weighted by molar-refractivity contribution is 7.47. The minimum Gasteiger partial charge on any atom is -0.462 e.